The second-order valence-corrected chi connectivity index (χ2v) is 8.62. The van der Waals surface area contributed by atoms with Crippen LogP contribution in [0.4, 0.5) is 0 Å². The van der Waals surface area contributed by atoms with Crippen LogP contribution < -0.4 is 5.73 Å². The van der Waals surface area contributed by atoms with E-state index in [0.717, 1.165) is 74.8 Å². The van der Waals surface area contributed by atoms with E-state index in [1.54, 1.807) is 6.07 Å². The molecule has 3 rings (SSSR count). The van der Waals surface area contributed by atoms with E-state index in [0.29, 0.717) is 23.6 Å². The number of unbranched alkanes of at least 4 members (excludes halogenated alkanes) is 1. The predicted octanol–water partition coefficient (Wildman–Crippen LogP) is 4.97. The standard InChI is InChI=1S/C27H36N2O2/c1-3-7-20-10-11-26(30)24(18-20)25-19-21(8-4-2)17-22(27(25)31)9-5-6-14-29-15-12-23(28)13-16-29/h3-4,10-11,17-19,23,30-31H,1-2,5-9,12-16,28H2. The average molecular weight is 421 g/mol. The van der Waals surface area contributed by atoms with Gasteiger partial charge in [0.25, 0.3) is 0 Å². The molecule has 0 aliphatic carbocycles. The van der Waals surface area contributed by atoms with Crippen LogP contribution in [0, 0.1) is 0 Å². The summed E-state index contributed by atoms with van der Waals surface area (Å²) in [6.07, 6.45) is 10.2. The van der Waals surface area contributed by atoms with E-state index in [1.807, 2.05) is 30.4 Å². The van der Waals surface area contributed by atoms with Gasteiger partial charge in [-0.05, 0) is 99.5 Å². The van der Waals surface area contributed by atoms with Crippen LogP contribution in [0.5, 0.6) is 11.5 Å². The summed E-state index contributed by atoms with van der Waals surface area (Å²) in [4.78, 5) is 2.49. The molecule has 0 amide bonds. The van der Waals surface area contributed by atoms with Gasteiger partial charge in [0.15, 0.2) is 0 Å². The lowest BCUT2D eigenvalue weighted by Gasteiger charge is -2.29. The quantitative estimate of drug-likeness (QED) is 0.375. The molecule has 4 heteroatoms. The molecule has 1 heterocycles. The van der Waals surface area contributed by atoms with E-state index in [-0.39, 0.29) is 11.5 Å². The van der Waals surface area contributed by atoms with Gasteiger partial charge in [-0.1, -0.05) is 24.3 Å². The number of phenols is 2. The molecule has 0 atom stereocenters. The second kappa shape index (κ2) is 11.2. The highest BCUT2D eigenvalue weighted by Gasteiger charge is 2.17. The van der Waals surface area contributed by atoms with E-state index in [4.69, 9.17) is 5.73 Å². The molecular weight excluding hydrogens is 384 g/mol. The molecule has 4 N–H and O–H groups in total. The van der Waals surface area contributed by atoms with Gasteiger partial charge in [0.1, 0.15) is 11.5 Å². The number of nitrogens with zero attached hydrogens (tertiary/aromatic N) is 1. The Morgan fingerprint density at radius 3 is 2.32 bits per heavy atom. The van der Waals surface area contributed by atoms with Gasteiger partial charge in [0.2, 0.25) is 0 Å². The maximum absolute atomic E-state index is 11.1. The first-order chi connectivity index (χ1) is 15.0. The van der Waals surface area contributed by atoms with Crippen LogP contribution in [0.25, 0.3) is 11.1 Å². The summed E-state index contributed by atoms with van der Waals surface area (Å²) in [6.45, 7) is 10.9. The van der Waals surface area contributed by atoms with Crippen molar-refractivity contribution in [2.45, 2.75) is 51.0 Å². The number of benzene rings is 2. The summed E-state index contributed by atoms with van der Waals surface area (Å²) in [6, 6.07) is 9.92. The fourth-order valence-corrected chi connectivity index (χ4v) is 4.36. The van der Waals surface area contributed by atoms with Crippen LogP contribution in [0.15, 0.2) is 55.6 Å². The van der Waals surface area contributed by atoms with Gasteiger partial charge >= 0.3 is 0 Å². The highest BCUT2D eigenvalue weighted by atomic mass is 16.3. The summed E-state index contributed by atoms with van der Waals surface area (Å²) < 4.78 is 0. The lowest BCUT2D eigenvalue weighted by molar-refractivity contribution is 0.210. The van der Waals surface area contributed by atoms with E-state index in [9.17, 15) is 10.2 Å². The predicted molar refractivity (Wildman–Crippen MR) is 130 cm³/mol. The second-order valence-electron chi connectivity index (χ2n) is 8.62. The highest BCUT2D eigenvalue weighted by molar-refractivity contribution is 5.78. The summed E-state index contributed by atoms with van der Waals surface area (Å²) in [5, 5.41) is 21.6. The molecule has 0 unspecified atom stereocenters. The van der Waals surface area contributed by atoms with Crippen molar-refractivity contribution in [3.8, 4) is 22.6 Å². The van der Waals surface area contributed by atoms with Crippen molar-refractivity contribution in [3.05, 3.63) is 72.3 Å². The Morgan fingerprint density at radius 2 is 1.61 bits per heavy atom. The molecule has 4 nitrogen and oxygen atoms in total. The van der Waals surface area contributed by atoms with Crippen LogP contribution in [0.2, 0.25) is 0 Å². The summed E-state index contributed by atoms with van der Waals surface area (Å²) in [7, 11) is 0. The Labute approximate surface area is 186 Å². The molecule has 0 radical (unpaired) electrons. The summed E-state index contributed by atoms with van der Waals surface area (Å²) in [5.41, 5.74) is 10.4. The lowest BCUT2D eigenvalue weighted by Crippen LogP contribution is -2.40. The maximum Gasteiger partial charge on any atom is 0.126 e. The Hall–Kier alpha value is -2.56. The van der Waals surface area contributed by atoms with Gasteiger partial charge < -0.3 is 20.8 Å². The molecule has 1 aliphatic heterocycles. The molecule has 0 spiro atoms. The van der Waals surface area contributed by atoms with Gasteiger partial charge in [-0.2, -0.15) is 0 Å². The van der Waals surface area contributed by atoms with E-state index in [2.05, 4.69) is 24.1 Å². The largest absolute Gasteiger partial charge is 0.507 e. The lowest BCUT2D eigenvalue weighted by atomic mass is 9.93. The smallest absolute Gasteiger partial charge is 0.126 e. The number of aromatic hydroxyl groups is 2. The van der Waals surface area contributed by atoms with Gasteiger partial charge in [-0.15, -0.1) is 13.2 Å². The zero-order chi connectivity index (χ0) is 22.2. The molecule has 0 saturated carbocycles. The molecule has 1 fully saturated rings. The first-order valence-corrected chi connectivity index (χ1v) is 11.4. The third kappa shape index (κ3) is 6.22. The van der Waals surface area contributed by atoms with Gasteiger partial charge in [-0.25, -0.2) is 0 Å². The minimum atomic E-state index is 0.174. The number of hydrogen-bond donors (Lipinski definition) is 3. The average Bonchev–Trinajstić information content (AvgIpc) is 2.76. The Kier molecular flexibility index (Phi) is 8.33. The van der Waals surface area contributed by atoms with Gasteiger partial charge in [0, 0.05) is 17.2 Å². The SMILES string of the molecule is C=CCc1ccc(O)c(-c2cc(CC=C)cc(CCCCN3CCC(N)CC3)c2O)c1. The van der Waals surface area contributed by atoms with E-state index >= 15 is 0 Å². The minimum Gasteiger partial charge on any atom is -0.507 e. The highest BCUT2D eigenvalue weighted by Crippen LogP contribution is 2.39. The number of likely N-dealkylation sites (tertiary alicyclic amines) is 1. The maximum atomic E-state index is 11.1. The number of aryl methyl sites for hydroxylation is 1. The molecule has 2 aromatic carbocycles. The number of piperidine rings is 1. The van der Waals surface area contributed by atoms with Crippen LogP contribution in [0.3, 0.4) is 0 Å². The number of hydrogen-bond acceptors (Lipinski definition) is 4. The molecule has 1 aliphatic rings. The third-order valence-electron chi connectivity index (χ3n) is 6.16. The van der Waals surface area contributed by atoms with Crippen molar-refractivity contribution >= 4 is 0 Å². The molecule has 2 aromatic rings. The Bertz CT molecular complexity index is 898. The minimum absolute atomic E-state index is 0.174. The zero-order valence-electron chi connectivity index (χ0n) is 18.5. The van der Waals surface area contributed by atoms with E-state index in [1.165, 1.54) is 0 Å². The Morgan fingerprint density at radius 1 is 0.935 bits per heavy atom. The first kappa shape index (κ1) is 23.1. The fraction of sp³-hybridized carbons (Fsp3) is 0.407. The van der Waals surface area contributed by atoms with Crippen LogP contribution in [-0.4, -0.2) is 40.8 Å². The normalized spacial score (nSPS) is 15.1. The van der Waals surface area contributed by atoms with Crippen molar-refractivity contribution in [2.75, 3.05) is 19.6 Å². The monoisotopic (exact) mass is 420 g/mol. The van der Waals surface area contributed by atoms with Crippen molar-refractivity contribution in [2.24, 2.45) is 5.73 Å². The van der Waals surface area contributed by atoms with E-state index < -0.39 is 0 Å². The van der Waals surface area contributed by atoms with Crippen LogP contribution in [0.1, 0.15) is 42.4 Å². The number of allylic oxidation sites excluding steroid dienone is 2. The molecular formula is C27H36N2O2. The zero-order valence-corrected chi connectivity index (χ0v) is 18.5. The van der Waals surface area contributed by atoms with Gasteiger partial charge in [-0.3, -0.25) is 0 Å². The molecule has 1 saturated heterocycles. The topological polar surface area (TPSA) is 69.7 Å². The van der Waals surface area contributed by atoms with Gasteiger partial charge in [0.05, 0.1) is 0 Å². The molecule has 166 valence electrons. The summed E-state index contributed by atoms with van der Waals surface area (Å²) >= 11 is 0. The molecule has 31 heavy (non-hydrogen) atoms. The molecule has 0 aromatic heterocycles. The molecule has 0 bridgehead atoms. The van der Waals surface area contributed by atoms with Crippen LogP contribution >= 0.6 is 0 Å². The third-order valence-corrected chi connectivity index (χ3v) is 6.16. The summed E-state index contributed by atoms with van der Waals surface area (Å²) in [5.74, 6) is 0.441. The van der Waals surface area contributed by atoms with Crippen molar-refractivity contribution in [1.29, 1.82) is 0 Å². The van der Waals surface area contributed by atoms with Crippen LogP contribution in [-0.2, 0) is 19.3 Å². The number of rotatable bonds is 10. The number of phenolic OH excluding ortho intramolecular Hbond substituents is 2. The Balaban J connectivity index is 1.76. The first-order valence-electron chi connectivity index (χ1n) is 11.4. The van der Waals surface area contributed by atoms with Crippen molar-refractivity contribution in [1.82, 2.24) is 4.90 Å². The fourth-order valence-electron chi connectivity index (χ4n) is 4.36. The number of nitrogens with two attached hydrogens (primary N) is 1. The van der Waals surface area contributed by atoms with Crippen molar-refractivity contribution < 1.29 is 10.2 Å². The van der Waals surface area contributed by atoms with Crippen molar-refractivity contribution in [3.63, 3.8) is 0 Å².